The van der Waals surface area contributed by atoms with Gasteiger partial charge in [-0.05, 0) is 36.0 Å². The van der Waals surface area contributed by atoms with E-state index in [0.717, 1.165) is 18.4 Å². The van der Waals surface area contributed by atoms with Crippen LogP contribution in [-0.4, -0.2) is 18.0 Å². The van der Waals surface area contributed by atoms with Crippen LogP contribution in [0.1, 0.15) is 26.7 Å². The number of ether oxygens (including phenoxy) is 1. The van der Waals surface area contributed by atoms with E-state index in [1.807, 2.05) is 0 Å². The predicted molar refractivity (Wildman–Crippen MR) is 48.9 cm³/mol. The second-order valence-corrected chi connectivity index (χ2v) is 5.65. The zero-order valence-electron chi connectivity index (χ0n) is 8.36. The first kappa shape index (κ1) is 8.25. The molecule has 0 amide bonds. The minimum atomic E-state index is -0.452. The number of hydrogen-bond acceptors (Lipinski definition) is 2. The Bertz CT molecular complexity index is 236. The molecule has 5 unspecified atom stereocenters. The zero-order chi connectivity index (χ0) is 9.22. The first-order valence-corrected chi connectivity index (χ1v) is 5.40. The summed E-state index contributed by atoms with van der Waals surface area (Å²) in [5.41, 5.74) is 0.522. The van der Waals surface area contributed by atoms with Gasteiger partial charge in [0.15, 0.2) is 6.29 Å². The molecular weight excluding hydrogens is 164 g/mol. The second kappa shape index (κ2) is 2.29. The van der Waals surface area contributed by atoms with Crippen molar-refractivity contribution < 1.29 is 9.84 Å². The molecule has 1 heterocycles. The van der Waals surface area contributed by atoms with Crippen LogP contribution in [-0.2, 0) is 4.74 Å². The molecule has 4 fully saturated rings. The van der Waals surface area contributed by atoms with Gasteiger partial charge in [0.25, 0.3) is 0 Å². The molecular formula is C11H18O2. The summed E-state index contributed by atoms with van der Waals surface area (Å²) in [6, 6.07) is 0. The molecule has 1 saturated heterocycles. The Morgan fingerprint density at radius 1 is 1.23 bits per heavy atom. The van der Waals surface area contributed by atoms with E-state index in [2.05, 4.69) is 13.8 Å². The van der Waals surface area contributed by atoms with Crippen molar-refractivity contribution in [1.82, 2.24) is 0 Å². The molecule has 4 rings (SSSR count). The van der Waals surface area contributed by atoms with Gasteiger partial charge in [0.2, 0.25) is 0 Å². The molecule has 74 valence electrons. The SMILES string of the molecule is CC1(C)C2CC3C(O)OCC3C1C2. The first-order valence-electron chi connectivity index (χ1n) is 5.40. The van der Waals surface area contributed by atoms with Crippen molar-refractivity contribution in [1.29, 1.82) is 0 Å². The lowest BCUT2D eigenvalue weighted by atomic mass is 9.43. The standard InChI is InChI=1S/C11H18O2/c1-11(2)6-3-7-8(9(11)4-6)5-13-10(7)12/h6-10,12H,3-5H2,1-2H3. The lowest BCUT2D eigenvalue weighted by Gasteiger charge is -2.61. The van der Waals surface area contributed by atoms with Crippen LogP contribution in [0.4, 0.5) is 0 Å². The van der Waals surface area contributed by atoms with Gasteiger partial charge in [-0.15, -0.1) is 0 Å². The van der Waals surface area contributed by atoms with Crippen molar-refractivity contribution in [3.8, 4) is 0 Å². The fraction of sp³-hybridized carbons (Fsp3) is 1.00. The summed E-state index contributed by atoms with van der Waals surface area (Å²) in [6.07, 6.45) is 2.12. The number of rotatable bonds is 0. The molecule has 0 aromatic carbocycles. The van der Waals surface area contributed by atoms with E-state index in [1.54, 1.807) is 0 Å². The molecule has 0 aromatic rings. The van der Waals surface area contributed by atoms with Crippen molar-refractivity contribution >= 4 is 0 Å². The lowest BCUT2D eigenvalue weighted by Crippen LogP contribution is -2.56. The van der Waals surface area contributed by atoms with Gasteiger partial charge in [0.05, 0.1) is 6.61 Å². The van der Waals surface area contributed by atoms with Gasteiger partial charge in [-0.25, -0.2) is 0 Å². The quantitative estimate of drug-likeness (QED) is 0.617. The van der Waals surface area contributed by atoms with Crippen LogP contribution >= 0.6 is 0 Å². The van der Waals surface area contributed by atoms with Gasteiger partial charge in [0.1, 0.15) is 0 Å². The van der Waals surface area contributed by atoms with Crippen molar-refractivity contribution in [2.75, 3.05) is 6.61 Å². The highest BCUT2D eigenvalue weighted by atomic mass is 16.6. The van der Waals surface area contributed by atoms with E-state index in [4.69, 9.17) is 4.74 Å². The van der Waals surface area contributed by atoms with Crippen LogP contribution in [0, 0.1) is 29.1 Å². The average Bonchev–Trinajstić information content (AvgIpc) is 2.48. The first-order chi connectivity index (χ1) is 6.10. The minimum absolute atomic E-state index is 0.452. The number of aliphatic hydroxyl groups is 1. The van der Waals surface area contributed by atoms with E-state index >= 15 is 0 Å². The van der Waals surface area contributed by atoms with Crippen LogP contribution in [0.5, 0.6) is 0 Å². The maximum absolute atomic E-state index is 9.61. The summed E-state index contributed by atoms with van der Waals surface area (Å²) in [5, 5.41) is 9.61. The third kappa shape index (κ3) is 0.861. The molecule has 0 aromatic heterocycles. The fourth-order valence-electron chi connectivity index (χ4n) is 3.89. The molecule has 5 atom stereocenters. The van der Waals surface area contributed by atoms with Crippen LogP contribution in [0.3, 0.4) is 0 Å². The predicted octanol–water partition coefficient (Wildman–Crippen LogP) is 1.63. The Morgan fingerprint density at radius 3 is 2.69 bits per heavy atom. The normalized spacial score (nSPS) is 57.0. The van der Waals surface area contributed by atoms with Crippen molar-refractivity contribution in [2.24, 2.45) is 29.1 Å². The van der Waals surface area contributed by atoms with E-state index in [-0.39, 0.29) is 0 Å². The summed E-state index contributed by atoms with van der Waals surface area (Å²) in [6.45, 7) is 5.56. The molecule has 2 nitrogen and oxygen atoms in total. The summed E-state index contributed by atoms with van der Waals surface area (Å²) in [7, 11) is 0. The van der Waals surface area contributed by atoms with E-state index in [0.29, 0.717) is 17.3 Å². The van der Waals surface area contributed by atoms with Crippen LogP contribution in [0.2, 0.25) is 0 Å². The summed E-state index contributed by atoms with van der Waals surface area (Å²) >= 11 is 0. The van der Waals surface area contributed by atoms with Gasteiger partial charge < -0.3 is 9.84 Å². The molecule has 2 heteroatoms. The summed E-state index contributed by atoms with van der Waals surface area (Å²) in [5.74, 6) is 2.76. The topological polar surface area (TPSA) is 29.5 Å². The maximum atomic E-state index is 9.61. The van der Waals surface area contributed by atoms with E-state index in [1.165, 1.54) is 12.8 Å². The Balaban J connectivity index is 1.87. The average molecular weight is 182 g/mol. The molecule has 2 bridgehead atoms. The number of hydrogen-bond donors (Lipinski definition) is 1. The highest BCUT2D eigenvalue weighted by Crippen LogP contribution is 2.64. The zero-order valence-corrected chi connectivity index (χ0v) is 8.36. The molecule has 1 aliphatic heterocycles. The molecule has 3 aliphatic carbocycles. The van der Waals surface area contributed by atoms with Gasteiger partial charge in [-0.3, -0.25) is 0 Å². The minimum Gasteiger partial charge on any atom is -0.368 e. The van der Waals surface area contributed by atoms with Crippen molar-refractivity contribution in [3.05, 3.63) is 0 Å². The lowest BCUT2D eigenvalue weighted by molar-refractivity contribution is -0.145. The highest BCUT2D eigenvalue weighted by molar-refractivity contribution is 5.07. The molecule has 4 aliphatic rings. The molecule has 13 heavy (non-hydrogen) atoms. The molecule has 3 saturated carbocycles. The van der Waals surface area contributed by atoms with E-state index in [9.17, 15) is 5.11 Å². The Labute approximate surface area is 79.3 Å². The highest BCUT2D eigenvalue weighted by Gasteiger charge is 2.60. The summed E-state index contributed by atoms with van der Waals surface area (Å²) < 4.78 is 5.35. The third-order valence-electron chi connectivity index (χ3n) is 5.00. The van der Waals surface area contributed by atoms with Crippen molar-refractivity contribution in [3.63, 3.8) is 0 Å². The molecule has 1 N–H and O–H groups in total. The van der Waals surface area contributed by atoms with Gasteiger partial charge in [0, 0.05) is 5.92 Å². The van der Waals surface area contributed by atoms with Gasteiger partial charge in [-0.2, -0.15) is 0 Å². The number of aliphatic hydroxyl groups excluding tert-OH is 1. The second-order valence-electron chi connectivity index (χ2n) is 5.65. The van der Waals surface area contributed by atoms with E-state index < -0.39 is 6.29 Å². The Kier molecular flexibility index (Phi) is 1.45. The van der Waals surface area contributed by atoms with Gasteiger partial charge >= 0.3 is 0 Å². The fourth-order valence-corrected chi connectivity index (χ4v) is 3.89. The van der Waals surface area contributed by atoms with Crippen LogP contribution < -0.4 is 0 Å². The summed E-state index contributed by atoms with van der Waals surface area (Å²) in [4.78, 5) is 0. The third-order valence-corrected chi connectivity index (χ3v) is 5.00. The Hall–Kier alpha value is -0.0800. The maximum Gasteiger partial charge on any atom is 0.157 e. The Morgan fingerprint density at radius 2 is 2.00 bits per heavy atom. The van der Waals surface area contributed by atoms with Gasteiger partial charge in [-0.1, -0.05) is 13.8 Å². The largest absolute Gasteiger partial charge is 0.368 e. The monoisotopic (exact) mass is 182 g/mol. The molecule has 0 spiro atoms. The molecule has 0 radical (unpaired) electrons. The van der Waals surface area contributed by atoms with Crippen LogP contribution in [0.15, 0.2) is 0 Å². The smallest absolute Gasteiger partial charge is 0.157 e. The van der Waals surface area contributed by atoms with Crippen molar-refractivity contribution in [2.45, 2.75) is 33.0 Å². The van der Waals surface area contributed by atoms with Crippen LogP contribution in [0.25, 0.3) is 0 Å².